The van der Waals surface area contributed by atoms with Crippen LogP contribution < -0.4 is 4.74 Å². The van der Waals surface area contributed by atoms with Gasteiger partial charge in [-0.1, -0.05) is 37.3 Å². The summed E-state index contributed by atoms with van der Waals surface area (Å²) in [5.41, 5.74) is 3.98. The zero-order chi connectivity index (χ0) is 25.7. The Hall–Kier alpha value is -2.04. The fourth-order valence-electron chi connectivity index (χ4n) is 5.76. The van der Waals surface area contributed by atoms with Gasteiger partial charge in [0.2, 0.25) is 0 Å². The quantitative estimate of drug-likeness (QED) is 0.504. The molecule has 3 saturated heterocycles. The van der Waals surface area contributed by atoms with Crippen LogP contribution in [0, 0.1) is 24.7 Å². The highest BCUT2D eigenvalue weighted by Crippen LogP contribution is 2.47. The van der Waals surface area contributed by atoms with E-state index in [-0.39, 0.29) is 12.0 Å². The summed E-state index contributed by atoms with van der Waals surface area (Å²) >= 11 is 0. The van der Waals surface area contributed by atoms with Crippen molar-refractivity contribution in [2.24, 2.45) is 17.8 Å². The molecule has 8 heteroatoms. The first-order valence-corrected chi connectivity index (χ1v) is 12.6. The summed E-state index contributed by atoms with van der Waals surface area (Å²) in [6, 6.07) is 13.7. The van der Waals surface area contributed by atoms with Crippen LogP contribution in [0.1, 0.15) is 42.2 Å². The Balaban J connectivity index is 1.38. The molecular weight excluding hydrogens is 464 g/mol. The molecule has 11 atom stereocenters. The lowest BCUT2D eigenvalue weighted by atomic mass is 9.73. The fraction of sp³-hybridized carbons (Fsp3) is 0.571. The van der Waals surface area contributed by atoms with Crippen molar-refractivity contribution in [1.82, 2.24) is 0 Å². The molecule has 196 valence electrons. The van der Waals surface area contributed by atoms with Gasteiger partial charge in [0.15, 0.2) is 12.6 Å². The number of aliphatic hydroxyl groups excluding tert-OH is 4. The first kappa shape index (κ1) is 25.6. The van der Waals surface area contributed by atoms with Crippen LogP contribution in [0.15, 0.2) is 42.5 Å². The predicted molar refractivity (Wildman–Crippen MR) is 130 cm³/mol. The first-order valence-electron chi connectivity index (χ1n) is 12.6. The number of benzene rings is 2. The molecule has 5 rings (SSSR count). The molecule has 0 spiro atoms. The minimum Gasteiger partial charge on any atom is -0.497 e. The van der Waals surface area contributed by atoms with Crippen molar-refractivity contribution >= 4 is 0 Å². The zero-order valence-electron chi connectivity index (χ0n) is 21.0. The summed E-state index contributed by atoms with van der Waals surface area (Å²) in [5, 5.41) is 44.0. The summed E-state index contributed by atoms with van der Waals surface area (Å²) < 4.78 is 23.4. The minimum atomic E-state index is -1.31. The Morgan fingerprint density at radius 2 is 1.44 bits per heavy atom. The van der Waals surface area contributed by atoms with E-state index in [9.17, 15) is 20.4 Å². The third-order valence-electron chi connectivity index (χ3n) is 8.30. The summed E-state index contributed by atoms with van der Waals surface area (Å²) in [7, 11) is 1.63. The Bertz CT molecular complexity index is 1060. The van der Waals surface area contributed by atoms with Gasteiger partial charge in [0.05, 0.1) is 43.4 Å². The van der Waals surface area contributed by atoms with Crippen molar-refractivity contribution in [3.8, 4) is 5.75 Å². The number of hydrogen-bond donors (Lipinski definition) is 4. The van der Waals surface area contributed by atoms with Gasteiger partial charge in [-0.2, -0.15) is 0 Å². The number of aryl methyl sites for hydroxylation is 1. The van der Waals surface area contributed by atoms with Crippen LogP contribution in [0.2, 0.25) is 0 Å². The highest BCUT2D eigenvalue weighted by Gasteiger charge is 2.59. The number of methoxy groups -OCH3 is 1. The Morgan fingerprint density at radius 3 is 2.14 bits per heavy atom. The molecule has 3 aliphatic heterocycles. The molecule has 3 fully saturated rings. The maximum Gasteiger partial charge on any atom is 0.169 e. The number of hydrogen-bond acceptors (Lipinski definition) is 8. The summed E-state index contributed by atoms with van der Waals surface area (Å²) in [6.07, 6.45) is -6.92. The van der Waals surface area contributed by atoms with Gasteiger partial charge in [-0.25, -0.2) is 0 Å². The third kappa shape index (κ3) is 4.45. The molecule has 0 amide bonds. The molecule has 3 heterocycles. The van der Waals surface area contributed by atoms with Crippen molar-refractivity contribution in [1.29, 1.82) is 0 Å². The molecule has 0 unspecified atom stereocenters. The van der Waals surface area contributed by atoms with Crippen LogP contribution in [0.25, 0.3) is 0 Å². The Kier molecular flexibility index (Phi) is 7.13. The Labute approximate surface area is 211 Å². The molecule has 36 heavy (non-hydrogen) atoms. The van der Waals surface area contributed by atoms with E-state index in [4.69, 9.17) is 18.9 Å². The average molecular weight is 501 g/mol. The van der Waals surface area contributed by atoms with Gasteiger partial charge in [-0.05, 0) is 54.7 Å². The third-order valence-corrected chi connectivity index (χ3v) is 8.30. The lowest BCUT2D eigenvalue weighted by Gasteiger charge is -2.55. The van der Waals surface area contributed by atoms with E-state index in [1.165, 1.54) is 0 Å². The topological polar surface area (TPSA) is 118 Å². The summed E-state index contributed by atoms with van der Waals surface area (Å²) in [5.74, 6) is -1.07. The van der Waals surface area contributed by atoms with Crippen molar-refractivity contribution in [3.63, 3.8) is 0 Å². The molecule has 0 aliphatic carbocycles. The maximum atomic E-state index is 11.1. The molecule has 0 radical (unpaired) electrons. The van der Waals surface area contributed by atoms with Crippen LogP contribution in [-0.2, 0) is 20.6 Å². The van der Waals surface area contributed by atoms with Gasteiger partial charge < -0.3 is 39.4 Å². The van der Waals surface area contributed by atoms with Crippen molar-refractivity contribution in [2.45, 2.75) is 76.4 Å². The normalized spacial score (nSPS) is 40.3. The van der Waals surface area contributed by atoms with Gasteiger partial charge in [0.1, 0.15) is 18.0 Å². The maximum absolute atomic E-state index is 11.1. The number of rotatable bonds is 4. The van der Waals surface area contributed by atoms with E-state index in [1.54, 1.807) is 7.11 Å². The van der Waals surface area contributed by atoms with Crippen LogP contribution >= 0.6 is 0 Å². The number of aliphatic hydroxyl groups is 4. The molecule has 8 nitrogen and oxygen atoms in total. The highest BCUT2D eigenvalue weighted by molar-refractivity contribution is 5.38. The van der Waals surface area contributed by atoms with E-state index < -0.39 is 54.9 Å². The van der Waals surface area contributed by atoms with Gasteiger partial charge in [-0.15, -0.1) is 0 Å². The predicted octanol–water partition coefficient (Wildman–Crippen LogP) is 2.08. The standard InChI is InChI=1S/C28H36O8/c1-13-5-8-17(12-18(13)11-16-6-9-19(33-4)10-7-16)26-25(32)24(31)21-23(30)20-22(29)14(2)15(3)34-27(20)36-28(21)35-26/h5-10,12,14-15,20-32H,11H2,1-4H3/t14-,15-,20+,21+,22+,23+,24+,25-,26+,27+,28-/m1/s1. The van der Waals surface area contributed by atoms with Gasteiger partial charge in [0, 0.05) is 5.92 Å². The van der Waals surface area contributed by atoms with Gasteiger partial charge in [0.25, 0.3) is 0 Å². The zero-order valence-corrected chi connectivity index (χ0v) is 21.0. The SMILES string of the molecule is COc1ccc(Cc2cc([C@@H]3O[C@@H]4O[C@@H]5O[C@H](C)[C@@H](C)[C@H](O)[C@H]5[C@H](O)[C@H]4[C@H](O)[C@H]3O)ccc2C)cc1. The molecule has 3 aliphatic rings. The van der Waals surface area contributed by atoms with Crippen molar-refractivity contribution in [2.75, 3.05) is 7.11 Å². The monoisotopic (exact) mass is 500 g/mol. The first-order chi connectivity index (χ1) is 17.2. The minimum absolute atomic E-state index is 0.211. The molecule has 2 aromatic carbocycles. The van der Waals surface area contributed by atoms with Gasteiger partial charge >= 0.3 is 0 Å². The largest absolute Gasteiger partial charge is 0.497 e. The van der Waals surface area contributed by atoms with E-state index in [1.807, 2.05) is 63.2 Å². The molecular formula is C28H36O8. The second-order valence-corrected chi connectivity index (χ2v) is 10.5. The summed E-state index contributed by atoms with van der Waals surface area (Å²) in [6.45, 7) is 5.73. The fourth-order valence-corrected chi connectivity index (χ4v) is 5.76. The molecule has 0 saturated carbocycles. The lowest BCUT2D eigenvalue weighted by molar-refractivity contribution is -0.405. The number of fused-ring (bicyclic) bond motifs is 2. The lowest BCUT2D eigenvalue weighted by Crippen LogP contribution is -2.67. The second kappa shape index (κ2) is 10.0. The summed E-state index contributed by atoms with van der Waals surface area (Å²) in [4.78, 5) is 0. The van der Waals surface area contributed by atoms with Crippen molar-refractivity contribution < 1.29 is 39.4 Å². The molecule has 0 aromatic heterocycles. The van der Waals surface area contributed by atoms with Crippen LogP contribution in [0.5, 0.6) is 5.75 Å². The van der Waals surface area contributed by atoms with E-state index in [0.29, 0.717) is 12.0 Å². The van der Waals surface area contributed by atoms with Crippen LogP contribution in [0.4, 0.5) is 0 Å². The highest BCUT2D eigenvalue weighted by atomic mass is 16.8. The van der Waals surface area contributed by atoms with Crippen molar-refractivity contribution in [3.05, 3.63) is 64.7 Å². The van der Waals surface area contributed by atoms with E-state index >= 15 is 0 Å². The number of ether oxygens (including phenoxy) is 4. The van der Waals surface area contributed by atoms with Crippen LogP contribution in [-0.4, -0.2) is 70.6 Å². The smallest absolute Gasteiger partial charge is 0.169 e. The van der Waals surface area contributed by atoms with E-state index in [2.05, 4.69) is 0 Å². The average Bonchev–Trinajstić information content (AvgIpc) is 2.86. The Morgan fingerprint density at radius 1 is 0.778 bits per heavy atom. The van der Waals surface area contributed by atoms with Gasteiger partial charge in [-0.3, -0.25) is 0 Å². The van der Waals surface area contributed by atoms with Crippen LogP contribution in [0.3, 0.4) is 0 Å². The second-order valence-electron chi connectivity index (χ2n) is 10.5. The molecule has 0 bridgehead atoms. The molecule has 4 N–H and O–H groups in total. The molecule has 2 aromatic rings. The van der Waals surface area contributed by atoms with E-state index in [0.717, 1.165) is 22.4 Å².